The molecule has 0 spiro atoms. The first kappa shape index (κ1) is 55.2. The molecular weight excluding hydrogens is 1100 g/mol. The quantitative estimate of drug-likeness (QED) is 0.0671. The largest absolute Gasteiger partial charge is 0.453 e. The summed E-state index contributed by atoms with van der Waals surface area (Å²) in [6.07, 6.45) is 7.30. The number of carbonyl (C=O) groups is 2. The van der Waals surface area contributed by atoms with Crippen LogP contribution in [0.4, 0.5) is 55.9 Å². The molecule has 6 fully saturated rings. The van der Waals surface area contributed by atoms with Crippen LogP contribution in [0.2, 0.25) is 10.0 Å². The number of fused-ring (bicyclic) bond motifs is 2. The number of ether oxygens (including phenoxy) is 4. The number of carbonyl (C=O) groups excluding carboxylic acids is 2. The summed E-state index contributed by atoms with van der Waals surface area (Å²) < 4.78 is 23.2. The van der Waals surface area contributed by atoms with Gasteiger partial charge in [0.1, 0.15) is 12.1 Å². The van der Waals surface area contributed by atoms with Crippen molar-refractivity contribution >= 4 is 93.0 Å². The van der Waals surface area contributed by atoms with Gasteiger partial charge in [-0.2, -0.15) is 40.0 Å². The first-order valence-corrected chi connectivity index (χ1v) is 27.4. The number of alkyl carbamates (subject to hydrolysis) is 2. The maximum absolute atomic E-state index is 12.0. The molecule has 2 aliphatic carbocycles. The fraction of sp³-hybridized carbons (Fsp3) is 0.462. The zero-order chi connectivity index (χ0) is 57.0. The Morgan fingerprint density at radius 2 is 1.00 bits per heavy atom. The summed E-state index contributed by atoms with van der Waals surface area (Å²) in [7, 11) is 2.68. The van der Waals surface area contributed by atoms with E-state index >= 15 is 0 Å². The van der Waals surface area contributed by atoms with Crippen LogP contribution in [0.3, 0.4) is 0 Å². The average Bonchev–Trinajstić information content (AvgIpc) is 4.44. The van der Waals surface area contributed by atoms with Gasteiger partial charge in [0.25, 0.3) is 0 Å². The number of anilines is 8. The predicted octanol–water partition coefficient (Wildman–Crippen LogP) is 4.26. The third-order valence-electron chi connectivity index (χ3n) is 14.7. The van der Waals surface area contributed by atoms with Crippen LogP contribution in [0, 0.1) is 45.3 Å². The van der Waals surface area contributed by atoms with Crippen LogP contribution in [0.1, 0.15) is 61.0 Å². The highest BCUT2D eigenvalue weighted by molar-refractivity contribution is 6.36. The fourth-order valence-electron chi connectivity index (χ4n) is 10.0. The second kappa shape index (κ2) is 24.2. The van der Waals surface area contributed by atoms with E-state index in [4.69, 9.17) is 42.1 Å². The van der Waals surface area contributed by atoms with Gasteiger partial charge >= 0.3 is 12.2 Å². The van der Waals surface area contributed by atoms with Gasteiger partial charge in [-0.3, -0.25) is 0 Å². The number of methoxy groups -OCH3 is 2. The molecule has 0 unspecified atom stereocenters. The van der Waals surface area contributed by atoms with Gasteiger partial charge in [0.15, 0.2) is 34.3 Å². The number of piperidine rings is 2. The number of nitrogens with zero attached hydrogens (tertiary/aromatic N) is 14. The van der Waals surface area contributed by atoms with E-state index in [0.29, 0.717) is 144 Å². The topological polar surface area (TPSA) is 355 Å². The minimum absolute atomic E-state index is 0.109. The number of hydrogen-bond acceptors (Lipinski definition) is 24. The van der Waals surface area contributed by atoms with Crippen molar-refractivity contribution in [2.75, 3.05) is 97.9 Å². The van der Waals surface area contributed by atoms with Gasteiger partial charge in [-0.1, -0.05) is 23.2 Å². The van der Waals surface area contributed by atoms with E-state index in [9.17, 15) is 30.6 Å². The first-order valence-electron chi connectivity index (χ1n) is 26.6. The third-order valence-corrected chi connectivity index (χ3v) is 15.5. The molecule has 0 radical (unpaired) electrons. The summed E-state index contributed by atoms with van der Waals surface area (Å²) in [6.45, 7) is 4.63. The highest BCUT2D eigenvalue weighted by atomic mass is 35.5. The number of amides is 2. The molecule has 4 saturated heterocycles. The van der Waals surface area contributed by atoms with Gasteiger partial charge in [0.2, 0.25) is 11.9 Å². The number of imidazole rings is 2. The molecule has 0 bridgehead atoms. The minimum Gasteiger partial charge on any atom is -0.453 e. The Morgan fingerprint density at radius 3 is 1.34 bits per heavy atom. The minimum atomic E-state index is -0.485. The molecule has 2 aromatic carbocycles. The van der Waals surface area contributed by atoms with E-state index in [-0.39, 0.29) is 59.5 Å². The van der Waals surface area contributed by atoms with E-state index < -0.39 is 12.2 Å². The number of aromatic nitrogens is 8. The summed E-state index contributed by atoms with van der Waals surface area (Å²) in [5.74, 6) is 1.41. The molecule has 8 N–H and O–H groups in total. The molecule has 424 valence electrons. The standard InChI is InChI=1S/2C26H28ClN11O3/c2*1-40-26(39)34-18-4-5-37(11-20(18)31-16-12-41-13-16)21-7-14(8-28)6-19(22(21)27)33-25-35-23(32-15-2-3-15)24-30-10-17(9-29)38(24)36-25/h2*6-7,10,15-16,18,20,31H,2-5,11-13H2,1H3,(H,34,39)(H2,32,33,35,36)/t18-,20+;18-,20-/m00/s1. The van der Waals surface area contributed by atoms with Gasteiger partial charge in [0.05, 0.1) is 133 Å². The molecule has 4 aliphatic heterocycles. The summed E-state index contributed by atoms with van der Waals surface area (Å²) in [5, 5.41) is 74.5. The van der Waals surface area contributed by atoms with Crippen LogP contribution in [0.15, 0.2) is 36.7 Å². The maximum atomic E-state index is 12.0. The van der Waals surface area contributed by atoms with Gasteiger partial charge in [0, 0.05) is 50.3 Å². The number of benzene rings is 2. The van der Waals surface area contributed by atoms with Crippen LogP contribution in [-0.4, -0.2) is 167 Å². The molecule has 2 amide bonds. The third kappa shape index (κ3) is 12.3. The normalized spacial score (nSPS) is 20.5. The lowest BCUT2D eigenvalue weighted by molar-refractivity contribution is -0.0124. The highest BCUT2D eigenvalue weighted by Gasteiger charge is 2.37. The molecule has 28 nitrogen and oxygen atoms in total. The van der Waals surface area contributed by atoms with Crippen molar-refractivity contribution in [3.05, 3.63) is 69.2 Å². The Kier molecular flexibility index (Phi) is 16.3. The van der Waals surface area contributed by atoms with Crippen molar-refractivity contribution in [1.82, 2.24) is 60.4 Å². The smallest absolute Gasteiger partial charge is 0.407 e. The summed E-state index contributed by atoms with van der Waals surface area (Å²) in [6, 6.07) is 15.8. The molecule has 2 saturated carbocycles. The van der Waals surface area contributed by atoms with E-state index in [1.54, 1.807) is 24.3 Å². The summed E-state index contributed by atoms with van der Waals surface area (Å²) >= 11 is 13.9. The van der Waals surface area contributed by atoms with Crippen LogP contribution in [0.5, 0.6) is 0 Å². The summed E-state index contributed by atoms with van der Waals surface area (Å²) in [5.41, 5.74) is 4.46. The lowest BCUT2D eigenvalue weighted by Gasteiger charge is -2.43. The van der Waals surface area contributed by atoms with Gasteiger partial charge < -0.3 is 71.3 Å². The zero-order valence-corrected chi connectivity index (χ0v) is 46.0. The van der Waals surface area contributed by atoms with Gasteiger partial charge in [-0.25, -0.2) is 19.6 Å². The molecule has 30 heteroatoms. The van der Waals surface area contributed by atoms with E-state index in [1.807, 2.05) is 0 Å². The SMILES string of the molecule is COC(=O)N[C@H]1CCN(c2cc(C#N)cc(Nc3nc(NC4CC4)c4ncc(C#N)n4n3)c2Cl)C[C@@H]1NC1COC1.COC(=O)N[C@H]1CCN(c2cc(C#N)cc(Nc3nc(NC4CC4)c4ncc(C#N)n4n3)c2Cl)C[C@H]1NC1COC1. The lowest BCUT2D eigenvalue weighted by atomic mass is 9.97. The van der Waals surface area contributed by atoms with Gasteiger partial charge in [-0.15, -0.1) is 10.2 Å². The molecule has 4 aromatic heterocycles. The Balaban J connectivity index is 0.000000172. The van der Waals surface area contributed by atoms with Gasteiger partial charge in [-0.05, 0) is 62.8 Å². The number of hydrogen-bond donors (Lipinski definition) is 8. The molecule has 6 aromatic rings. The fourth-order valence-corrected chi connectivity index (χ4v) is 10.6. The Bertz CT molecular complexity index is 3340. The van der Waals surface area contributed by atoms with Crippen molar-refractivity contribution in [3.8, 4) is 24.3 Å². The lowest BCUT2D eigenvalue weighted by Crippen LogP contribution is -2.64. The Hall–Kier alpha value is -8.74. The number of halogens is 2. The van der Waals surface area contributed by atoms with Crippen LogP contribution >= 0.6 is 23.2 Å². The maximum Gasteiger partial charge on any atom is 0.407 e. The van der Waals surface area contributed by atoms with Crippen molar-refractivity contribution in [2.24, 2.45) is 0 Å². The number of rotatable bonds is 16. The van der Waals surface area contributed by atoms with E-state index in [0.717, 1.165) is 25.7 Å². The molecule has 6 aliphatic rings. The average molecular weight is 1160 g/mol. The van der Waals surface area contributed by atoms with Crippen molar-refractivity contribution < 1.29 is 28.5 Å². The molecule has 8 heterocycles. The van der Waals surface area contributed by atoms with Crippen LogP contribution < -0.4 is 52.3 Å². The predicted molar refractivity (Wildman–Crippen MR) is 299 cm³/mol. The molecule has 4 atom stereocenters. The number of nitriles is 4. The Morgan fingerprint density at radius 1 is 0.585 bits per heavy atom. The van der Waals surface area contributed by atoms with Crippen molar-refractivity contribution in [3.63, 3.8) is 0 Å². The van der Waals surface area contributed by atoms with Crippen LogP contribution in [0.25, 0.3) is 11.3 Å². The molecular formula is C52H56Cl2N22O6. The summed E-state index contributed by atoms with van der Waals surface area (Å²) in [4.78, 5) is 46.0. The van der Waals surface area contributed by atoms with Crippen molar-refractivity contribution in [2.45, 2.75) is 86.9 Å². The second-order valence-corrected chi connectivity index (χ2v) is 21.3. The monoisotopic (exact) mass is 1150 g/mol. The zero-order valence-electron chi connectivity index (χ0n) is 44.4. The molecule has 12 rings (SSSR count). The van der Waals surface area contributed by atoms with E-state index in [2.05, 4.69) is 107 Å². The molecule has 82 heavy (non-hydrogen) atoms. The number of nitrogens with one attached hydrogen (secondary N) is 8. The second-order valence-electron chi connectivity index (χ2n) is 20.5. The highest BCUT2D eigenvalue weighted by Crippen LogP contribution is 2.40. The van der Waals surface area contributed by atoms with Crippen molar-refractivity contribution in [1.29, 1.82) is 21.0 Å². The Labute approximate surface area is 479 Å². The van der Waals surface area contributed by atoms with E-state index in [1.165, 1.54) is 35.6 Å². The first-order chi connectivity index (χ1) is 39.9. The van der Waals surface area contributed by atoms with Crippen LogP contribution in [-0.2, 0) is 18.9 Å².